The molecule has 0 radical (unpaired) electrons. The van der Waals surface area contributed by atoms with Crippen LogP contribution in [-0.2, 0) is 13.1 Å². The molecule has 1 rings (SSSR count). The van der Waals surface area contributed by atoms with Crippen molar-refractivity contribution in [3.8, 4) is 0 Å². The first-order chi connectivity index (χ1) is 8.81. The van der Waals surface area contributed by atoms with E-state index in [1.165, 1.54) is 5.56 Å². The summed E-state index contributed by atoms with van der Waals surface area (Å²) in [6.07, 6.45) is 1.15. The predicted octanol–water partition coefficient (Wildman–Crippen LogP) is 3.57. The fourth-order valence-electron chi connectivity index (χ4n) is 2.35. The maximum atomic E-state index is 5.94. The number of furan rings is 1. The molecule has 0 spiro atoms. The van der Waals surface area contributed by atoms with Gasteiger partial charge in [-0.05, 0) is 44.0 Å². The van der Waals surface area contributed by atoms with Crippen molar-refractivity contribution in [3.63, 3.8) is 0 Å². The molecule has 0 bridgehead atoms. The third-order valence-corrected chi connectivity index (χ3v) is 2.95. The Labute approximate surface area is 118 Å². The molecule has 1 aromatic heterocycles. The van der Waals surface area contributed by atoms with Crippen molar-refractivity contribution in [2.45, 2.75) is 54.1 Å². The van der Waals surface area contributed by atoms with E-state index in [2.05, 4.69) is 57.9 Å². The van der Waals surface area contributed by atoms with Gasteiger partial charge in [0.15, 0.2) is 0 Å². The van der Waals surface area contributed by atoms with Crippen LogP contribution >= 0.6 is 0 Å². The number of nitrogens with one attached hydrogen (secondary N) is 1. The van der Waals surface area contributed by atoms with Crippen LogP contribution in [-0.4, -0.2) is 25.0 Å². The highest BCUT2D eigenvalue weighted by Crippen LogP contribution is 2.19. The Balaban J connectivity index is 2.53. The lowest BCUT2D eigenvalue weighted by Crippen LogP contribution is -2.28. The largest absolute Gasteiger partial charge is 0.463 e. The second-order valence-electron chi connectivity index (χ2n) is 6.73. The van der Waals surface area contributed by atoms with E-state index >= 15 is 0 Å². The number of rotatable bonds is 7. The zero-order valence-corrected chi connectivity index (χ0v) is 13.5. The van der Waals surface area contributed by atoms with Gasteiger partial charge in [0.25, 0.3) is 0 Å². The molecule has 0 unspecified atom stereocenters. The van der Waals surface area contributed by atoms with Gasteiger partial charge in [0.1, 0.15) is 11.5 Å². The SMILES string of the molecule is CCCNCc1oc(CN(C)CC(C)(C)C)cc1C. The molecule has 19 heavy (non-hydrogen) atoms. The molecule has 3 nitrogen and oxygen atoms in total. The molecule has 1 heterocycles. The minimum absolute atomic E-state index is 0.321. The third kappa shape index (κ3) is 6.26. The van der Waals surface area contributed by atoms with Crippen molar-refractivity contribution in [2.75, 3.05) is 20.1 Å². The van der Waals surface area contributed by atoms with E-state index in [9.17, 15) is 0 Å². The first-order valence-electron chi connectivity index (χ1n) is 7.29. The van der Waals surface area contributed by atoms with Crippen LogP contribution < -0.4 is 5.32 Å². The molecule has 0 amide bonds. The third-order valence-electron chi connectivity index (χ3n) is 2.95. The molecule has 3 heteroatoms. The van der Waals surface area contributed by atoms with Gasteiger partial charge >= 0.3 is 0 Å². The first kappa shape index (κ1) is 16.3. The highest BCUT2D eigenvalue weighted by molar-refractivity contribution is 5.20. The Bertz CT molecular complexity index is 377. The minimum atomic E-state index is 0.321. The van der Waals surface area contributed by atoms with Crippen LogP contribution in [0.5, 0.6) is 0 Å². The van der Waals surface area contributed by atoms with Crippen molar-refractivity contribution in [2.24, 2.45) is 5.41 Å². The van der Waals surface area contributed by atoms with Crippen LogP contribution in [0, 0.1) is 12.3 Å². The average molecular weight is 266 g/mol. The smallest absolute Gasteiger partial charge is 0.120 e. The van der Waals surface area contributed by atoms with E-state index in [1.807, 2.05) is 0 Å². The zero-order chi connectivity index (χ0) is 14.5. The van der Waals surface area contributed by atoms with E-state index < -0.39 is 0 Å². The molecular formula is C16H30N2O. The topological polar surface area (TPSA) is 28.4 Å². The van der Waals surface area contributed by atoms with Crippen molar-refractivity contribution >= 4 is 0 Å². The maximum Gasteiger partial charge on any atom is 0.120 e. The van der Waals surface area contributed by atoms with Crippen LogP contribution in [0.2, 0.25) is 0 Å². The van der Waals surface area contributed by atoms with Gasteiger partial charge in [-0.25, -0.2) is 0 Å². The zero-order valence-electron chi connectivity index (χ0n) is 13.5. The van der Waals surface area contributed by atoms with Crippen LogP contribution in [0.3, 0.4) is 0 Å². The molecule has 0 atom stereocenters. The van der Waals surface area contributed by atoms with Gasteiger partial charge in [-0.3, -0.25) is 4.90 Å². The second-order valence-corrected chi connectivity index (χ2v) is 6.73. The Kier molecular flexibility index (Phi) is 6.08. The second kappa shape index (κ2) is 7.11. The predicted molar refractivity (Wildman–Crippen MR) is 81.2 cm³/mol. The van der Waals surface area contributed by atoms with Gasteiger partial charge in [-0.1, -0.05) is 27.7 Å². The summed E-state index contributed by atoms with van der Waals surface area (Å²) in [6.45, 7) is 14.9. The molecule has 0 aromatic carbocycles. The number of hydrogen-bond acceptors (Lipinski definition) is 3. The number of aryl methyl sites for hydroxylation is 1. The average Bonchev–Trinajstić information content (AvgIpc) is 2.56. The van der Waals surface area contributed by atoms with Crippen LogP contribution in [0.25, 0.3) is 0 Å². The molecular weight excluding hydrogens is 236 g/mol. The van der Waals surface area contributed by atoms with E-state index in [1.54, 1.807) is 0 Å². The highest BCUT2D eigenvalue weighted by atomic mass is 16.3. The molecule has 0 aliphatic carbocycles. The van der Waals surface area contributed by atoms with Gasteiger partial charge in [0.2, 0.25) is 0 Å². The first-order valence-corrected chi connectivity index (χ1v) is 7.29. The fraction of sp³-hybridized carbons (Fsp3) is 0.750. The van der Waals surface area contributed by atoms with Gasteiger partial charge in [-0.2, -0.15) is 0 Å². The monoisotopic (exact) mass is 266 g/mol. The molecule has 0 aliphatic heterocycles. The lowest BCUT2D eigenvalue weighted by Gasteiger charge is -2.25. The summed E-state index contributed by atoms with van der Waals surface area (Å²) in [5, 5.41) is 3.39. The van der Waals surface area contributed by atoms with Gasteiger partial charge in [0, 0.05) is 6.54 Å². The summed E-state index contributed by atoms with van der Waals surface area (Å²) in [5.74, 6) is 2.14. The summed E-state index contributed by atoms with van der Waals surface area (Å²) in [7, 11) is 2.15. The maximum absolute atomic E-state index is 5.94. The molecule has 0 saturated heterocycles. The van der Waals surface area contributed by atoms with E-state index in [4.69, 9.17) is 4.42 Å². The van der Waals surface area contributed by atoms with Crippen LogP contribution in [0.4, 0.5) is 0 Å². The van der Waals surface area contributed by atoms with Crippen molar-refractivity contribution in [1.29, 1.82) is 0 Å². The molecule has 110 valence electrons. The number of nitrogens with zero attached hydrogens (tertiary/aromatic N) is 1. The Morgan fingerprint density at radius 2 is 2.00 bits per heavy atom. The van der Waals surface area contributed by atoms with E-state index in [0.717, 1.165) is 44.1 Å². The quantitative estimate of drug-likeness (QED) is 0.765. The standard InChI is InChI=1S/C16H30N2O/c1-7-8-17-10-15-13(2)9-14(19-15)11-18(6)12-16(3,4)5/h9,17H,7-8,10-12H2,1-6H3. The minimum Gasteiger partial charge on any atom is -0.463 e. The van der Waals surface area contributed by atoms with Crippen molar-refractivity contribution < 1.29 is 4.42 Å². The molecule has 0 aliphatic rings. The molecule has 0 fully saturated rings. The van der Waals surface area contributed by atoms with Crippen LogP contribution in [0.15, 0.2) is 10.5 Å². The number of hydrogen-bond donors (Lipinski definition) is 1. The summed E-state index contributed by atoms with van der Waals surface area (Å²) in [4.78, 5) is 2.32. The van der Waals surface area contributed by atoms with Gasteiger partial charge < -0.3 is 9.73 Å². The normalized spacial score (nSPS) is 12.4. The Morgan fingerprint density at radius 3 is 2.58 bits per heavy atom. The summed E-state index contributed by atoms with van der Waals surface area (Å²) >= 11 is 0. The van der Waals surface area contributed by atoms with Crippen molar-refractivity contribution in [1.82, 2.24) is 10.2 Å². The molecule has 0 saturated carbocycles. The van der Waals surface area contributed by atoms with Crippen molar-refractivity contribution in [3.05, 3.63) is 23.2 Å². The fourth-order valence-corrected chi connectivity index (χ4v) is 2.35. The highest BCUT2D eigenvalue weighted by Gasteiger charge is 2.15. The summed E-state index contributed by atoms with van der Waals surface area (Å²) in [5.41, 5.74) is 1.57. The molecule has 1 N–H and O–H groups in total. The Hall–Kier alpha value is -0.800. The van der Waals surface area contributed by atoms with E-state index in [-0.39, 0.29) is 0 Å². The Morgan fingerprint density at radius 1 is 1.32 bits per heavy atom. The summed E-state index contributed by atoms with van der Waals surface area (Å²) < 4.78 is 5.94. The van der Waals surface area contributed by atoms with E-state index in [0.29, 0.717) is 5.41 Å². The lowest BCUT2D eigenvalue weighted by atomic mass is 9.96. The van der Waals surface area contributed by atoms with Gasteiger partial charge in [-0.15, -0.1) is 0 Å². The summed E-state index contributed by atoms with van der Waals surface area (Å²) in [6, 6.07) is 2.17. The van der Waals surface area contributed by atoms with Crippen LogP contribution in [0.1, 0.15) is 51.2 Å². The van der Waals surface area contributed by atoms with Gasteiger partial charge in [0.05, 0.1) is 13.1 Å². The molecule has 1 aromatic rings. The lowest BCUT2D eigenvalue weighted by molar-refractivity contribution is 0.206.